The van der Waals surface area contributed by atoms with Gasteiger partial charge in [0, 0.05) is 31.9 Å². The van der Waals surface area contributed by atoms with Crippen LogP contribution in [-0.2, 0) is 0 Å². The Bertz CT molecular complexity index is 1070. The number of aromatic amines is 1. The number of rotatable bonds is 3. The highest BCUT2D eigenvalue weighted by molar-refractivity contribution is 5.97. The number of anilines is 1. The maximum absolute atomic E-state index is 13.3. The molecular weight excluding hydrogens is 361 g/mol. The molecular formula is C21H20FN3O3. The number of pyridine rings is 1. The number of benzene rings is 2. The lowest BCUT2D eigenvalue weighted by Crippen LogP contribution is -2.49. The van der Waals surface area contributed by atoms with E-state index in [9.17, 15) is 14.0 Å². The molecule has 0 atom stereocenters. The fraction of sp³-hybridized carbons (Fsp3) is 0.238. The maximum atomic E-state index is 13.3. The number of nitrogens with one attached hydrogen (secondary N) is 1. The van der Waals surface area contributed by atoms with Crippen molar-refractivity contribution in [3.8, 4) is 5.75 Å². The van der Waals surface area contributed by atoms with Gasteiger partial charge in [0.05, 0.1) is 12.6 Å². The summed E-state index contributed by atoms with van der Waals surface area (Å²) in [5.74, 6) is 0.0618. The molecule has 6 nitrogen and oxygen atoms in total. The van der Waals surface area contributed by atoms with Crippen LogP contribution in [0.1, 0.15) is 10.4 Å². The molecule has 1 N–H and O–H groups in total. The van der Waals surface area contributed by atoms with Crippen molar-refractivity contribution in [1.82, 2.24) is 9.88 Å². The van der Waals surface area contributed by atoms with Gasteiger partial charge in [-0.05, 0) is 53.9 Å². The number of methoxy groups -OCH3 is 1. The van der Waals surface area contributed by atoms with E-state index in [4.69, 9.17) is 4.74 Å². The van der Waals surface area contributed by atoms with E-state index >= 15 is 0 Å². The third-order valence-electron chi connectivity index (χ3n) is 5.04. The molecule has 1 amide bonds. The minimum atomic E-state index is -0.499. The Morgan fingerprint density at radius 3 is 2.43 bits per heavy atom. The Hall–Kier alpha value is -3.35. The van der Waals surface area contributed by atoms with Crippen LogP contribution in [-0.4, -0.2) is 49.1 Å². The minimum absolute atomic E-state index is 0.0806. The third kappa shape index (κ3) is 3.43. The Labute approximate surface area is 161 Å². The zero-order chi connectivity index (χ0) is 19.7. The highest BCUT2D eigenvalue weighted by Crippen LogP contribution is 2.21. The third-order valence-corrected chi connectivity index (χ3v) is 5.04. The SMILES string of the molecule is COc1ccc(N2CCN(C(=O)c3cc4ccc(F)cc4[nH]c3=O)CC2)cc1. The molecule has 0 saturated carbocycles. The average Bonchev–Trinajstić information content (AvgIpc) is 2.73. The van der Waals surface area contributed by atoms with Crippen LogP contribution in [0.4, 0.5) is 10.1 Å². The largest absolute Gasteiger partial charge is 0.497 e. The topological polar surface area (TPSA) is 65.6 Å². The molecule has 1 aromatic heterocycles. The number of halogens is 1. The van der Waals surface area contributed by atoms with E-state index in [-0.39, 0.29) is 11.5 Å². The summed E-state index contributed by atoms with van der Waals surface area (Å²) >= 11 is 0. The number of piperazine rings is 1. The van der Waals surface area contributed by atoms with Gasteiger partial charge in [0.15, 0.2) is 0 Å². The van der Waals surface area contributed by atoms with Gasteiger partial charge in [-0.2, -0.15) is 0 Å². The van der Waals surface area contributed by atoms with Crippen molar-refractivity contribution in [3.63, 3.8) is 0 Å². The van der Waals surface area contributed by atoms with Gasteiger partial charge in [-0.15, -0.1) is 0 Å². The van der Waals surface area contributed by atoms with E-state index in [1.807, 2.05) is 24.3 Å². The highest BCUT2D eigenvalue weighted by Gasteiger charge is 2.24. The fourth-order valence-electron chi connectivity index (χ4n) is 3.46. The summed E-state index contributed by atoms with van der Waals surface area (Å²) in [7, 11) is 1.63. The molecule has 0 radical (unpaired) electrons. The summed E-state index contributed by atoms with van der Waals surface area (Å²) in [5.41, 5.74) is 1.03. The predicted molar refractivity (Wildman–Crippen MR) is 106 cm³/mol. The lowest BCUT2D eigenvalue weighted by Gasteiger charge is -2.36. The van der Waals surface area contributed by atoms with E-state index in [1.54, 1.807) is 18.1 Å². The van der Waals surface area contributed by atoms with Gasteiger partial charge in [-0.25, -0.2) is 4.39 Å². The zero-order valence-electron chi connectivity index (χ0n) is 15.4. The molecule has 144 valence electrons. The summed E-state index contributed by atoms with van der Waals surface area (Å²) in [6.45, 7) is 2.39. The van der Waals surface area contributed by atoms with Crippen molar-refractivity contribution in [2.75, 3.05) is 38.2 Å². The lowest BCUT2D eigenvalue weighted by atomic mass is 10.1. The van der Waals surface area contributed by atoms with Crippen LogP contribution < -0.4 is 15.2 Å². The predicted octanol–water partition coefficient (Wildman–Crippen LogP) is 2.64. The number of H-pyrrole nitrogens is 1. The van der Waals surface area contributed by atoms with E-state index < -0.39 is 11.4 Å². The van der Waals surface area contributed by atoms with Gasteiger partial charge in [0.25, 0.3) is 11.5 Å². The number of fused-ring (bicyclic) bond motifs is 1. The highest BCUT2D eigenvalue weighted by atomic mass is 19.1. The van der Waals surface area contributed by atoms with Gasteiger partial charge in [0.1, 0.15) is 17.1 Å². The molecule has 3 aromatic rings. The second-order valence-electron chi connectivity index (χ2n) is 6.72. The Morgan fingerprint density at radius 2 is 1.75 bits per heavy atom. The van der Waals surface area contributed by atoms with E-state index in [1.165, 1.54) is 18.2 Å². The first-order valence-corrected chi connectivity index (χ1v) is 9.06. The molecule has 2 aromatic carbocycles. The number of carbonyl (C=O) groups is 1. The molecule has 28 heavy (non-hydrogen) atoms. The Balaban J connectivity index is 1.49. The number of aromatic nitrogens is 1. The standard InChI is InChI=1S/C21H20FN3O3/c1-28-17-6-4-16(5-7-17)24-8-10-25(11-9-24)21(27)18-12-14-2-3-15(22)13-19(14)23-20(18)26/h2-7,12-13H,8-11H2,1H3,(H,23,26). The van der Waals surface area contributed by atoms with Crippen LogP contribution in [0.25, 0.3) is 10.9 Å². The van der Waals surface area contributed by atoms with Crippen molar-refractivity contribution < 1.29 is 13.9 Å². The Kier molecular flexibility index (Phi) is 4.73. The van der Waals surface area contributed by atoms with Crippen LogP contribution in [0, 0.1) is 5.82 Å². The van der Waals surface area contributed by atoms with E-state index in [0.717, 1.165) is 11.4 Å². The van der Waals surface area contributed by atoms with Crippen LogP contribution in [0.2, 0.25) is 0 Å². The van der Waals surface area contributed by atoms with Crippen molar-refractivity contribution >= 4 is 22.5 Å². The first-order valence-electron chi connectivity index (χ1n) is 9.06. The van der Waals surface area contributed by atoms with Crippen molar-refractivity contribution in [3.05, 3.63) is 70.3 Å². The molecule has 0 aliphatic carbocycles. The van der Waals surface area contributed by atoms with E-state index in [0.29, 0.717) is 37.1 Å². The van der Waals surface area contributed by atoms with Crippen LogP contribution >= 0.6 is 0 Å². The minimum Gasteiger partial charge on any atom is -0.497 e. The summed E-state index contributed by atoms with van der Waals surface area (Å²) in [6.07, 6.45) is 0. The normalized spacial score (nSPS) is 14.4. The number of hydrogen-bond donors (Lipinski definition) is 1. The maximum Gasteiger partial charge on any atom is 0.261 e. The molecule has 0 spiro atoms. The molecule has 0 unspecified atom stereocenters. The Morgan fingerprint density at radius 1 is 1.04 bits per heavy atom. The molecule has 4 rings (SSSR count). The van der Waals surface area contributed by atoms with Crippen LogP contribution in [0.15, 0.2) is 53.3 Å². The zero-order valence-corrected chi connectivity index (χ0v) is 15.4. The number of amides is 1. The summed E-state index contributed by atoms with van der Waals surface area (Å²) < 4.78 is 18.5. The number of carbonyl (C=O) groups excluding carboxylic acids is 1. The molecule has 1 fully saturated rings. The summed E-state index contributed by atoms with van der Waals surface area (Å²) in [4.78, 5) is 31.7. The molecule has 1 aliphatic rings. The molecule has 0 bridgehead atoms. The van der Waals surface area contributed by atoms with Gasteiger partial charge < -0.3 is 19.5 Å². The molecule has 2 heterocycles. The lowest BCUT2D eigenvalue weighted by molar-refractivity contribution is 0.0745. The van der Waals surface area contributed by atoms with Crippen LogP contribution in [0.3, 0.4) is 0 Å². The quantitative estimate of drug-likeness (QED) is 0.758. The van der Waals surface area contributed by atoms with Crippen molar-refractivity contribution in [2.24, 2.45) is 0 Å². The van der Waals surface area contributed by atoms with Gasteiger partial charge in [0.2, 0.25) is 0 Å². The number of ether oxygens (including phenoxy) is 1. The van der Waals surface area contributed by atoms with Gasteiger partial charge >= 0.3 is 0 Å². The molecule has 1 aliphatic heterocycles. The van der Waals surface area contributed by atoms with Gasteiger partial charge in [-0.1, -0.05) is 0 Å². The number of nitrogens with zero attached hydrogens (tertiary/aromatic N) is 2. The smallest absolute Gasteiger partial charge is 0.261 e. The monoisotopic (exact) mass is 381 g/mol. The second-order valence-corrected chi connectivity index (χ2v) is 6.72. The first kappa shape index (κ1) is 18.0. The van der Waals surface area contributed by atoms with Crippen LogP contribution in [0.5, 0.6) is 5.75 Å². The average molecular weight is 381 g/mol. The molecule has 1 saturated heterocycles. The summed E-state index contributed by atoms with van der Waals surface area (Å²) in [5, 5.41) is 0.626. The van der Waals surface area contributed by atoms with Crippen molar-refractivity contribution in [2.45, 2.75) is 0 Å². The number of hydrogen-bond acceptors (Lipinski definition) is 4. The van der Waals surface area contributed by atoms with Gasteiger partial charge in [-0.3, -0.25) is 9.59 Å². The second kappa shape index (κ2) is 7.34. The first-order chi connectivity index (χ1) is 13.5. The van der Waals surface area contributed by atoms with E-state index in [2.05, 4.69) is 9.88 Å². The fourth-order valence-corrected chi connectivity index (χ4v) is 3.46. The van der Waals surface area contributed by atoms with Crippen molar-refractivity contribution in [1.29, 1.82) is 0 Å². The summed E-state index contributed by atoms with van der Waals surface area (Å²) in [6, 6.07) is 13.4. The molecule has 7 heteroatoms.